The van der Waals surface area contributed by atoms with Crippen LogP contribution >= 0.6 is 0 Å². The minimum atomic E-state index is -0.525. The number of nitrogens with zero attached hydrogens (tertiary/aromatic N) is 1. The predicted molar refractivity (Wildman–Crippen MR) is 72.9 cm³/mol. The lowest BCUT2D eigenvalue weighted by Gasteiger charge is -2.08. The fraction of sp³-hybridized carbons (Fsp3) is 0.0714. The third-order valence-electron chi connectivity index (χ3n) is 2.70. The first-order chi connectivity index (χ1) is 9.10. The fourth-order valence-electron chi connectivity index (χ4n) is 1.67. The Morgan fingerprint density at radius 2 is 1.84 bits per heavy atom. The van der Waals surface area contributed by atoms with Crippen molar-refractivity contribution in [3.05, 3.63) is 63.7 Å². The summed E-state index contributed by atoms with van der Waals surface area (Å²) in [4.78, 5) is 21.1. The van der Waals surface area contributed by atoms with Crippen LogP contribution in [0.1, 0.15) is 15.9 Å². The van der Waals surface area contributed by atoms with Crippen LogP contribution in [0.25, 0.3) is 0 Å². The molecule has 0 heterocycles. The van der Waals surface area contributed by atoms with E-state index < -0.39 is 4.92 Å². The molecule has 0 spiro atoms. The van der Waals surface area contributed by atoms with E-state index in [4.69, 9.17) is 0 Å². The summed E-state index contributed by atoms with van der Waals surface area (Å²) in [7, 11) is 0. The van der Waals surface area contributed by atoms with E-state index in [1.165, 1.54) is 18.2 Å². The van der Waals surface area contributed by atoms with Gasteiger partial charge in [0.2, 0.25) is 0 Å². The van der Waals surface area contributed by atoms with Gasteiger partial charge in [0, 0.05) is 29.1 Å². The first kappa shape index (κ1) is 12.8. The van der Waals surface area contributed by atoms with Crippen molar-refractivity contribution in [2.75, 3.05) is 5.32 Å². The van der Waals surface area contributed by atoms with Crippen molar-refractivity contribution in [3.63, 3.8) is 0 Å². The van der Waals surface area contributed by atoms with Crippen LogP contribution in [0.2, 0.25) is 0 Å². The zero-order valence-corrected chi connectivity index (χ0v) is 10.3. The highest BCUT2D eigenvalue weighted by Crippen LogP contribution is 2.24. The molecule has 0 aliphatic heterocycles. The number of non-ortho nitro benzene ring substituents is 1. The molecule has 0 atom stereocenters. The van der Waals surface area contributed by atoms with Gasteiger partial charge < -0.3 is 5.32 Å². The zero-order chi connectivity index (χ0) is 13.8. The second kappa shape index (κ2) is 5.30. The standard InChI is InChI=1S/C14H12N2O3/c1-10-2-4-12(5-3-10)15-14-7-6-13(16(18)19)8-11(14)9-17/h2-9,15H,1H3. The summed E-state index contributed by atoms with van der Waals surface area (Å²) >= 11 is 0. The topological polar surface area (TPSA) is 72.2 Å². The lowest BCUT2D eigenvalue weighted by atomic mass is 10.1. The molecule has 19 heavy (non-hydrogen) atoms. The SMILES string of the molecule is Cc1ccc(Nc2ccc([N+](=O)[O-])cc2C=O)cc1. The van der Waals surface area contributed by atoms with Crippen LogP contribution in [0.15, 0.2) is 42.5 Å². The van der Waals surface area contributed by atoms with Crippen LogP contribution in [0.5, 0.6) is 0 Å². The summed E-state index contributed by atoms with van der Waals surface area (Å²) in [5.41, 5.74) is 2.66. The van der Waals surface area contributed by atoms with E-state index in [1.54, 1.807) is 0 Å². The molecule has 0 aliphatic rings. The van der Waals surface area contributed by atoms with E-state index >= 15 is 0 Å². The van der Waals surface area contributed by atoms with Crippen molar-refractivity contribution in [3.8, 4) is 0 Å². The molecule has 0 unspecified atom stereocenters. The molecule has 2 rings (SSSR count). The summed E-state index contributed by atoms with van der Waals surface area (Å²) in [6.07, 6.45) is 0.601. The quantitative estimate of drug-likeness (QED) is 0.516. The Balaban J connectivity index is 2.32. The van der Waals surface area contributed by atoms with Crippen molar-refractivity contribution >= 4 is 23.3 Å². The highest BCUT2D eigenvalue weighted by Gasteiger charge is 2.10. The first-order valence-corrected chi connectivity index (χ1v) is 5.67. The van der Waals surface area contributed by atoms with Crippen LogP contribution in [-0.4, -0.2) is 11.2 Å². The van der Waals surface area contributed by atoms with E-state index in [1.807, 2.05) is 31.2 Å². The molecule has 0 amide bonds. The van der Waals surface area contributed by atoms with Gasteiger partial charge in [-0.1, -0.05) is 17.7 Å². The Bertz CT molecular complexity index is 621. The maximum atomic E-state index is 11.0. The monoisotopic (exact) mass is 256 g/mol. The fourth-order valence-corrected chi connectivity index (χ4v) is 1.67. The van der Waals surface area contributed by atoms with Gasteiger partial charge in [-0.05, 0) is 25.1 Å². The summed E-state index contributed by atoms with van der Waals surface area (Å²) in [5, 5.41) is 13.7. The Morgan fingerprint density at radius 1 is 1.16 bits per heavy atom. The number of hydrogen-bond acceptors (Lipinski definition) is 4. The van der Waals surface area contributed by atoms with E-state index in [0.717, 1.165) is 11.3 Å². The smallest absolute Gasteiger partial charge is 0.270 e. The number of carbonyl (C=O) groups excluding carboxylic acids is 1. The molecule has 96 valence electrons. The molecule has 0 bridgehead atoms. The number of rotatable bonds is 4. The summed E-state index contributed by atoms with van der Waals surface area (Å²) in [6.45, 7) is 1.98. The van der Waals surface area contributed by atoms with Gasteiger partial charge in [-0.3, -0.25) is 14.9 Å². The molecule has 0 radical (unpaired) electrons. The third kappa shape index (κ3) is 2.95. The number of carbonyl (C=O) groups is 1. The van der Waals surface area contributed by atoms with Gasteiger partial charge in [0.25, 0.3) is 5.69 Å². The molecule has 1 N–H and O–H groups in total. The van der Waals surface area contributed by atoms with Crippen LogP contribution in [0.4, 0.5) is 17.1 Å². The number of aldehydes is 1. The number of benzene rings is 2. The molecule has 5 nitrogen and oxygen atoms in total. The molecular weight excluding hydrogens is 244 g/mol. The van der Waals surface area contributed by atoms with Crippen molar-refractivity contribution in [2.24, 2.45) is 0 Å². The van der Waals surface area contributed by atoms with Gasteiger partial charge in [0.05, 0.1) is 4.92 Å². The molecule has 0 aromatic heterocycles. The van der Waals surface area contributed by atoms with Crippen LogP contribution in [0.3, 0.4) is 0 Å². The van der Waals surface area contributed by atoms with Crippen molar-refractivity contribution < 1.29 is 9.72 Å². The van der Waals surface area contributed by atoms with Crippen LogP contribution in [-0.2, 0) is 0 Å². The van der Waals surface area contributed by atoms with Gasteiger partial charge in [-0.2, -0.15) is 0 Å². The van der Waals surface area contributed by atoms with Crippen molar-refractivity contribution in [1.29, 1.82) is 0 Å². The van der Waals surface area contributed by atoms with E-state index in [-0.39, 0.29) is 11.3 Å². The highest BCUT2D eigenvalue weighted by atomic mass is 16.6. The highest BCUT2D eigenvalue weighted by molar-refractivity contribution is 5.87. The summed E-state index contributed by atoms with van der Waals surface area (Å²) in [6, 6.07) is 11.8. The van der Waals surface area contributed by atoms with Gasteiger partial charge in [-0.25, -0.2) is 0 Å². The van der Waals surface area contributed by atoms with Gasteiger partial charge in [-0.15, -0.1) is 0 Å². The number of anilines is 2. The lowest BCUT2D eigenvalue weighted by molar-refractivity contribution is -0.384. The minimum absolute atomic E-state index is 0.100. The molecule has 0 aliphatic carbocycles. The van der Waals surface area contributed by atoms with Gasteiger partial charge in [0.15, 0.2) is 6.29 Å². The Hall–Kier alpha value is -2.69. The van der Waals surface area contributed by atoms with E-state index in [2.05, 4.69) is 5.32 Å². The Labute approximate surface area is 110 Å². The molecule has 0 saturated carbocycles. The second-order valence-corrected chi connectivity index (χ2v) is 4.14. The zero-order valence-electron chi connectivity index (χ0n) is 10.3. The normalized spacial score (nSPS) is 9.95. The molecule has 5 heteroatoms. The molecule has 0 fully saturated rings. The van der Waals surface area contributed by atoms with Gasteiger partial charge >= 0.3 is 0 Å². The number of aryl methyl sites for hydroxylation is 1. The van der Waals surface area contributed by atoms with Crippen molar-refractivity contribution in [2.45, 2.75) is 6.92 Å². The average Bonchev–Trinajstić information content (AvgIpc) is 2.41. The maximum absolute atomic E-state index is 11.0. The Morgan fingerprint density at radius 3 is 2.42 bits per heavy atom. The van der Waals surface area contributed by atoms with Crippen molar-refractivity contribution in [1.82, 2.24) is 0 Å². The largest absolute Gasteiger partial charge is 0.355 e. The summed E-state index contributed by atoms with van der Waals surface area (Å²) in [5.74, 6) is 0. The van der Waals surface area contributed by atoms with E-state index in [9.17, 15) is 14.9 Å². The molecule has 0 saturated heterocycles. The van der Waals surface area contributed by atoms with Crippen LogP contribution in [0, 0.1) is 17.0 Å². The molecule has 2 aromatic carbocycles. The number of nitro benzene ring substituents is 1. The van der Waals surface area contributed by atoms with Crippen LogP contribution < -0.4 is 5.32 Å². The maximum Gasteiger partial charge on any atom is 0.270 e. The average molecular weight is 256 g/mol. The van der Waals surface area contributed by atoms with Gasteiger partial charge in [0.1, 0.15) is 0 Å². The number of nitrogens with one attached hydrogen (secondary N) is 1. The Kier molecular flexibility index (Phi) is 3.56. The molecular formula is C14H12N2O3. The summed E-state index contributed by atoms with van der Waals surface area (Å²) < 4.78 is 0. The first-order valence-electron chi connectivity index (χ1n) is 5.67. The lowest BCUT2D eigenvalue weighted by Crippen LogP contribution is -1.97. The third-order valence-corrected chi connectivity index (χ3v) is 2.70. The predicted octanol–water partition coefficient (Wildman–Crippen LogP) is 3.46. The second-order valence-electron chi connectivity index (χ2n) is 4.14. The van der Waals surface area contributed by atoms with E-state index in [0.29, 0.717) is 12.0 Å². The molecule has 2 aromatic rings. The number of hydrogen-bond donors (Lipinski definition) is 1. The number of nitro groups is 1. The minimum Gasteiger partial charge on any atom is -0.355 e.